The lowest BCUT2D eigenvalue weighted by molar-refractivity contribution is -0.141. The minimum absolute atomic E-state index is 0.0372. The molecule has 108 valence electrons. The predicted molar refractivity (Wildman–Crippen MR) is 75.2 cm³/mol. The lowest BCUT2D eigenvalue weighted by atomic mass is 10.0. The van der Waals surface area contributed by atoms with Crippen LogP contribution in [0.15, 0.2) is 0 Å². The van der Waals surface area contributed by atoms with Crippen molar-refractivity contribution >= 4 is 23.6 Å². The Morgan fingerprint density at radius 1 is 1.21 bits per heavy atom. The molecule has 2 N–H and O–H groups in total. The van der Waals surface area contributed by atoms with Crippen LogP contribution in [0.5, 0.6) is 0 Å². The van der Waals surface area contributed by atoms with Gasteiger partial charge in [0.15, 0.2) is 0 Å². The molecule has 0 aromatic carbocycles. The van der Waals surface area contributed by atoms with E-state index in [-0.39, 0.29) is 17.7 Å². The Labute approximate surface area is 118 Å². The number of carbonyl (C=O) groups is 2. The van der Waals surface area contributed by atoms with E-state index in [1.807, 2.05) is 11.8 Å². The van der Waals surface area contributed by atoms with Crippen LogP contribution >= 0.6 is 11.8 Å². The first-order valence-corrected chi connectivity index (χ1v) is 8.13. The van der Waals surface area contributed by atoms with Gasteiger partial charge in [0.1, 0.15) is 0 Å². The second kappa shape index (κ2) is 7.14. The normalized spacial score (nSPS) is 28.2. The number of hydrogen-bond donors (Lipinski definition) is 2. The summed E-state index contributed by atoms with van der Waals surface area (Å²) in [6, 6.07) is 0. The molecule has 1 amide bonds. The Balaban J connectivity index is 1.63. The van der Waals surface area contributed by atoms with Crippen molar-refractivity contribution in [2.75, 3.05) is 37.7 Å². The Bertz CT molecular complexity index is 332. The molecule has 0 aromatic rings. The van der Waals surface area contributed by atoms with Crippen molar-refractivity contribution in [2.45, 2.75) is 19.3 Å². The first-order chi connectivity index (χ1) is 9.16. The van der Waals surface area contributed by atoms with Crippen LogP contribution in [-0.4, -0.2) is 59.6 Å². The van der Waals surface area contributed by atoms with Crippen molar-refractivity contribution in [3.63, 3.8) is 0 Å². The van der Waals surface area contributed by atoms with E-state index in [0.717, 1.165) is 19.6 Å². The number of aliphatic carboxylic acids is 1. The third-order valence-electron chi connectivity index (χ3n) is 3.98. The Morgan fingerprint density at radius 3 is 2.53 bits per heavy atom. The molecule has 1 saturated carbocycles. The van der Waals surface area contributed by atoms with Gasteiger partial charge in [0.2, 0.25) is 5.91 Å². The highest BCUT2D eigenvalue weighted by molar-refractivity contribution is 7.99. The van der Waals surface area contributed by atoms with Gasteiger partial charge in [0.05, 0.1) is 5.92 Å². The molecule has 1 heterocycles. The summed E-state index contributed by atoms with van der Waals surface area (Å²) in [6.07, 6.45) is 1.85. The van der Waals surface area contributed by atoms with Crippen LogP contribution in [0.2, 0.25) is 0 Å². The summed E-state index contributed by atoms with van der Waals surface area (Å²) in [4.78, 5) is 25.1. The molecular weight excluding hydrogens is 264 g/mol. The third-order valence-corrected chi connectivity index (χ3v) is 4.93. The van der Waals surface area contributed by atoms with E-state index in [2.05, 4.69) is 10.2 Å². The molecule has 2 fully saturated rings. The summed E-state index contributed by atoms with van der Waals surface area (Å²) in [5.41, 5.74) is 0. The second-order valence-electron chi connectivity index (χ2n) is 5.29. The zero-order valence-corrected chi connectivity index (χ0v) is 12.0. The van der Waals surface area contributed by atoms with E-state index in [0.29, 0.717) is 25.8 Å². The fourth-order valence-electron chi connectivity index (χ4n) is 2.75. The number of thioether (sulfide) groups is 1. The first kappa shape index (κ1) is 14.7. The van der Waals surface area contributed by atoms with Gasteiger partial charge in [-0.2, -0.15) is 11.8 Å². The lowest BCUT2D eigenvalue weighted by Crippen LogP contribution is -2.40. The molecule has 1 aliphatic heterocycles. The van der Waals surface area contributed by atoms with Crippen molar-refractivity contribution in [2.24, 2.45) is 11.8 Å². The van der Waals surface area contributed by atoms with Gasteiger partial charge in [-0.15, -0.1) is 0 Å². The van der Waals surface area contributed by atoms with E-state index in [1.54, 1.807) is 0 Å². The van der Waals surface area contributed by atoms with Gasteiger partial charge >= 0.3 is 5.97 Å². The smallest absolute Gasteiger partial charge is 0.306 e. The maximum atomic E-state index is 11.9. The molecule has 0 spiro atoms. The monoisotopic (exact) mass is 286 g/mol. The van der Waals surface area contributed by atoms with Gasteiger partial charge in [0, 0.05) is 43.6 Å². The van der Waals surface area contributed by atoms with Crippen molar-refractivity contribution in [1.29, 1.82) is 0 Å². The van der Waals surface area contributed by atoms with Crippen molar-refractivity contribution < 1.29 is 14.7 Å². The lowest BCUT2D eigenvalue weighted by Gasteiger charge is -2.26. The molecule has 2 unspecified atom stereocenters. The summed E-state index contributed by atoms with van der Waals surface area (Å²) in [5.74, 6) is 1.21. The van der Waals surface area contributed by atoms with Crippen molar-refractivity contribution in [3.05, 3.63) is 0 Å². The van der Waals surface area contributed by atoms with Crippen LogP contribution in [0.25, 0.3) is 0 Å². The average molecular weight is 286 g/mol. The maximum Gasteiger partial charge on any atom is 0.306 e. The first-order valence-electron chi connectivity index (χ1n) is 6.97. The maximum absolute atomic E-state index is 11.9. The van der Waals surface area contributed by atoms with Crippen LogP contribution in [0, 0.1) is 11.8 Å². The molecule has 0 bridgehead atoms. The van der Waals surface area contributed by atoms with E-state index < -0.39 is 5.97 Å². The minimum Gasteiger partial charge on any atom is -0.481 e. The fraction of sp³-hybridized carbons (Fsp3) is 0.846. The summed E-state index contributed by atoms with van der Waals surface area (Å²) in [6.45, 7) is 3.79. The molecule has 0 radical (unpaired) electrons. The molecule has 2 aliphatic rings. The van der Waals surface area contributed by atoms with Gasteiger partial charge in [0.25, 0.3) is 0 Å². The number of nitrogens with zero attached hydrogens (tertiary/aromatic N) is 1. The number of carboxylic acid groups (broad SMARTS) is 1. The molecule has 2 atom stereocenters. The number of carboxylic acids is 1. The van der Waals surface area contributed by atoms with E-state index >= 15 is 0 Å². The molecule has 2 rings (SSSR count). The number of hydrogen-bond acceptors (Lipinski definition) is 4. The van der Waals surface area contributed by atoms with E-state index in [9.17, 15) is 9.59 Å². The van der Waals surface area contributed by atoms with E-state index in [1.165, 1.54) is 11.5 Å². The molecule has 19 heavy (non-hydrogen) atoms. The zero-order chi connectivity index (χ0) is 13.7. The molecule has 1 aliphatic carbocycles. The SMILES string of the molecule is O=C(O)C1CCC(C(=O)NCCN2CCSCC2)C1. The summed E-state index contributed by atoms with van der Waals surface area (Å²) < 4.78 is 0. The van der Waals surface area contributed by atoms with Gasteiger partial charge < -0.3 is 10.4 Å². The minimum atomic E-state index is -0.763. The van der Waals surface area contributed by atoms with Crippen LogP contribution in [-0.2, 0) is 9.59 Å². The molecule has 1 saturated heterocycles. The van der Waals surface area contributed by atoms with Crippen molar-refractivity contribution in [1.82, 2.24) is 10.2 Å². The van der Waals surface area contributed by atoms with Crippen LogP contribution < -0.4 is 5.32 Å². The van der Waals surface area contributed by atoms with E-state index in [4.69, 9.17) is 5.11 Å². The van der Waals surface area contributed by atoms with Gasteiger partial charge in [-0.25, -0.2) is 0 Å². The Morgan fingerprint density at radius 2 is 1.89 bits per heavy atom. The van der Waals surface area contributed by atoms with Gasteiger partial charge in [-0.05, 0) is 19.3 Å². The molecule has 6 heteroatoms. The molecule has 0 aromatic heterocycles. The molecular formula is C13H22N2O3S. The Kier molecular flexibility index (Phi) is 5.51. The predicted octanol–water partition coefficient (Wildman–Crippen LogP) is 0.652. The number of nitrogens with one attached hydrogen (secondary N) is 1. The highest BCUT2D eigenvalue weighted by atomic mass is 32.2. The third kappa shape index (κ3) is 4.38. The van der Waals surface area contributed by atoms with Crippen molar-refractivity contribution in [3.8, 4) is 0 Å². The summed E-state index contributed by atoms with van der Waals surface area (Å²) in [5, 5.41) is 11.9. The Hall–Kier alpha value is -0.750. The second-order valence-corrected chi connectivity index (χ2v) is 6.51. The topological polar surface area (TPSA) is 69.6 Å². The average Bonchev–Trinajstić information content (AvgIpc) is 2.89. The number of carbonyl (C=O) groups excluding carboxylic acids is 1. The van der Waals surface area contributed by atoms with Crippen LogP contribution in [0.4, 0.5) is 0 Å². The number of amides is 1. The fourth-order valence-corrected chi connectivity index (χ4v) is 3.73. The highest BCUT2D eigenvalue weighted by Gasteiger charge is 2.33. The van der Waals surface area contributed by atoms with Gasteiger partial charge in [-0.1, -0.05) is 0 Å². The largest absolute Gasteiger partial charge is 0.481 e. The number of rotatable bonds is 5. The highest BCUT2D eigenvalue weighted by Crippen LogP contribution is 2.30. The quantitative estimate of drug-likeness (QED) is 0.777. The summed E-state index contributed by atoms with van der Waals surface area (Å²) in [7, 11) is 0. The molecule has 5 nitrogen and oxygen atoms in total. The summed E-state index contributed by atoms with van der Waals surface area (Å²) >= 11 is 1.98. The van der Waals surface area contributed by atoms with Gasteiger partial charge in [-0.3, -0.25) is 14.5 Å². The standard InChI is InChI=1S/C13H22N2O3S/c16-12(10-1-2-11(9-10)13(17)18)14-3-4-15-5-7-19-8-6-15/h10-11H,1-9H2,(H,14,16)(H,17,18). The van der Waals surface area contributed by atoms with Crippen LogP contribution in [0.1, 0.15) is 19.3 Å². The zero-order valence-electron chi connectivity index (χ0n) is 11.1. The van der Waals surface area contributed by atoms with Crippen LogP contribution in [0.3, 0.4) is 0 Å².